The molecule has 3 rings (SSSR count). The van der Waals surface area contributed by atoms with E-state index in [4.69, 9.17) is 32.7 Å². The van der Waals surface area contributed by atoms with Crippen LogP contribution in [0.25, 0.3) is 0 Å². The SMILES string of the molecule is COc1cc(CN[C@@H](C)CCc2ccccc2)cc(Br)c1OCc1ccc(Cl)c(Cl)c1. The van der Waals surface area contributed by atoms with Gasteiger partial charge in [0.1, 0.15) is 6.61 Å². The molecule has 0 bridgehead atoms. The predicted molar refractivity (Wildman–Crippen MR) is 133 cm³/mol. The van der Waals surface area contributed by atoms with Gasteiger partial charge in [-0.1, -0.05) is 59.6 Å². The van der Waals surface area contributed by atoms with Gasteiger partial charge in [0.05, 0.1) is 21.6 Å². The van der Waals surface area contributed by atoms with Crippen LogP contribution in [-0.2, 0) is 19.6 Å². The highest BCUT2D eigenvalue weighted by atomic mass is 79.9. The van der Waals surface area contributed by atoms with E-state index < -0.39 is 0 Å². The molecule has 0 aliphatic carbocycles. The molecule has 0 fully saturated rings. The Labute approximate surface area is 202 Å². The average Bonchev–Trinajstić information content (AvgIpc) is 2.78. The Morgan fingerprint density at radius 1 is 0.935 bits per heavy atom. The van der Waals surface area contributed by atoms with Crippen molar-refractivity contribution in [3.63, 3.8) is 0 Å². The van der Waals surface area contributed by atoms with Gasteiger partial charge < -0.3 is 14.8 Å². The second kappa shape index (κ2) is 11.8. The third-order valence-corrected chi connectivity index (χ3v) is 6.35. The smallest absolute Gasteiger partial charge is 0.175 e. The molecule has 3 aromatic rings. The second-order valence-corrected chi connectivity index (χ2v) is 9.12. The summed E-state index contributed by atoms with van der Waals surface area (Å²) < 4.78 is 12.4. The van der Waals surface area contributed by atoms with Gasteiger partial charge in [-0.05, 0) is 76.7 Å². The molecule has 0 heterocycles. The molecule has 0 saturated carbocycles. The van der Waals surface area contributed by atoms with Crippen LogP contribution >= 0.6 is 39.1 Å². The van der Waals surface area contributed by atoms with E-state index >= 15 is 0 Å². The maximum absolute atomic E-state index is 6.10. The third-order valence-electron chi connectivity index (χ3n) is 5.02. The fraction of sp³-hybridized carbons (Fsp3) is 0.280. The number of halogens is 3. The zero-order valence-corrected chi connectivity index (χ0v) is 20.7. The van der Waals surface area contributed by atoms with Gasteiger partial charge in [-0.15, -0.1) is 0 Å². The van der Waals surface area contributed by atoms with Crippen molar-refractivity contribution in [2.75, 3.05) is 7.11 Å². The molecular formula is C25H26BrCl2NO2. The lowest BCUT2D eigenvalue weighted by atomic mass is 10.1. The van der Waals surface area contributed by atoms with Gasteiger partial charge in [-0.2, -0.15) is 0 Å². The van der Waals surface area contributed by atoms with Crippen molar-refractivity contribution in [3.8, 4) is 11.5 Å². The number of benzene rings is 3. The summed E-state index contributed by atoms with van der Waals surface area (Å²) in [5.41, 5.74) is 3.42. The molecule has 1 N–H and O–H groups in total. The summed E-state index contributed by atoms with van der Waals surface area (Å²) in [6, 6.07) is 20.5. The second-order valence-electron chi connectivity index (χ2n) is 7.45. The highest BCUT2D eigenvalue weighted by molar-refractivity contribution is 9.10. The largest absolute Gasteiger partial charge is 0.493 e. The molecule has 3 nitrogen and oxygen atoms in total. The van der Waals surface area contributed by atoms with E-state index in [2.05, 4.69) is 64.6 Å². The van der Waals surface area contributed by atoms with Crippen LogP contribution in [0.4, 0.5) is 0 Å². The first-order valence-electron chi connectivity index (χ1n) is 10.2. The summed E-state index contributed by atoms with van der Waals surface area (Å²) in [7, 11) is 1.65. The summed E-state index contributed by atoms with van der Waals surface area (Å²) in [5, 5.41) is 4.63. The molecule has 0 saturated heterocycles. The van der Waals surface area contributed by atoms with E-state index in [-0.39, 0.29) is 0 Å². The lowest BCUT2D eigenvalue weighted by Crippen LogP contribution is -2.26. The first kappa shape index (κ1) is 23.9. The van der Waals surface area contributed by atoms with Crippen LogP contribution in [-0.4, -0.2) is 13.2 Å². The van der Waals surface area contributed by atoms with Gasteiger partial charge in [0, 0.05) is 12.6 Å². The van der Waals surface area contributed by atoms with Crippen LogP contribution in [0.2, 0.25) is 10.0 Å². The minimum atomic E-state index is 0.361. The zero-order chi connectivity index (χ0) is 22.2. The molecule has 0 aromatic heterocycles. The molecule has 0 spiro atoms. The summed E-state index contributed by atoms with van der Waals surface area (Å²) >= 11 is 15.7. The summed E-state index contributed by atoms with van der Waals surface area (Å²) in [6.45, 7) is 3.32. The molecule has 31 heavy (non-hydrogen) atoms. The van der Waals surface area contributed by atoms with E-state index in [0.717, 1.165) is 35.0 Å². The molecule has 0 amide bonds. The molecule has 3 aromatic carbocycles. The van der Waals surface area contributed by atoms with Crippen LogP contribution in [0.5, 0.6) is 11.5 Å². The van der Waals surface area contributed by atoms with E-state index in [1.807, 2.05) is 12.1 Å². The number of methoxy groups -OCH3 is 1. The molecule has 0 aliphatic rings. The summed E-state index contributed by atoms with van der Waals surface area (Å²) in [4.78, 5) is 0. The molecule has 164 valence electrons. The Kier molecular flexibility index (Phi) is 9.09. The van der Waals surface area contributed by atoms with Crippen LogP contribution in [0, 0.1) is 0 Å². The number of hydrogen-bond acceptors (Lipinski definition) is 3. The minimum absolute atomic E-state index is 0.361. The standard InChI is InChI=1S/C25H26BrCl2NO2/c1-17(8-9-18-6-4-3-5-7-18)29-15-20-12-21(26)25(24(14-20)30-2)31-16-19-10-11-22(27)23(28)13-19/h3-7,10-14,17,29H,8-9,15-16H2,1-2H3/t17-/m0/s1. The van der Waals surface area contributed by atoms with Crippen molar-refractivity contribution in [3.05, 3.63) is 91.9 Å². The van der Waals surface area contributed by atoms with Gasteiger partial charge in [0.2, 0.25) is 0 Å². The fourth-order valence-corrected chi connectivity index (χ4v) is 4.15. The van der Waals surface area contributed by atoms with Gasteiger partial charge in [0.15, 0.2) is 11.5 Å². The molecular weight excluding hydrogens is 497 g/mol. The van der Waals surface area contributed by atoms with E-state index in [1.165, 1.54) is 5.56 Å². The Balaban J connectivity index is 1.58. The van der Waals surface area contributed by atoms with Crippen molar-refractivity contribution in [1.29, 1.82) is 0 Å². The van der Waals surface area contributed by atoms with Crippen LogP contribution < -0.4 is 14.8 Å². The molecule has 0 unspecified atom stereocenters. The Morgan fingerprint density at radius 3 is 2.42 bits per heavy atom. The van der Waals surface area contributed by atoms with Gasteiger partial charge in [0.25, 0.3) is 0 Å². The average molecular weight is 523 g/mol. The van der Waals surface area contributed by atoms with E-state index in [1.54, 1.807) is 19.2 Å². The van der Waals surface area contributed by atoms with E-state index in [9.17, 15) is 0 Å². The first-order valence-corrected chi connectivity index (χ1v) is 11.7. The van der Waals surface area contributed by atoms with Crippen molar-refractivity contribution >= 4 is 39.1 Å². The number of aryl methyl sites for hydroxylation is 1. The quantitative estimate of drug-likeness (QED) is 0.300. The van der Waals surface area contributed by atoms with Crippen molar-refractivity contribution < 1.29 is 9.47 Å². The normalized spacial score (nSPS) is 11.9. The number of ether oxygens (including phenoxy) is 2. The Hall–Kier alpha value is -1.72. The fourth-order valence-electron chi connectivity index (χ4n) is 3.22. The third kappa shape index (κ3) is 7.15. The van der Waals surface area contributed by atoms with Crippen molar-refractivity contribution in [2.45, 2.75) is 39.0 Å². The van der Waals surface area contributed by atoms with Gasteiger partial charge >= 0.3 is 0 Å². The number of hydrogen-bond donors (Lipinski definition) is 1. The summed E-state index contributed by atoms with van der Waals surface area (Å²) in [6.07, 6.45) is 2.14. The van der Waals surface area contributed by atoms with Crippen molar-refractivity contribution in [1.82, 2.24) is 5.32 Å². The predicted octanol–water partition coefficient (Wildman–Crippen LogP) is 7.45. The highest BCUT2D eigenvalue weighted by Gasteiger charge is 2.13. The number of nitrogens with one attached hydrogen (secondary N) is 1. The van der Waals surface area contributed by atoms with Gasteiger partial charge in [-0.25, -0.2) is 0 Å². The zero-order valence-electron chi connectivity index (χ0n) is 17.6. The van der Waals surface area contributed by atoms with Crippen LogP contribution in [0.1, 0.15) is 30.0 Å². The topological polar surface area (TPSA) is 30.5 Å². The highest BCUT2D eigenvalue weighted by Crippen LogP contribution is 2.37. The molecule has 0 radical (unpaired) electrons. The molecule has 0 aliphatic heterocycles. The van der Waals surface area contributed by atoms with E-state index in [0.29, 0.717) is 34.2 Å². The van der Waals surface area contributed by atoms with Crippen LogP contribution in [0.15, 0.2) is 65.1 Å². The minimum Gasteiger partial charge on any atom is -0.493 e. The Morgan fingerprint density at radius 2 is 1.71 bits per heavy atom. The number of rotatable bonds is 10. The molecule has 6 heteroatoms. The van der Waals surface area contributed by atoms with Crippen LogP contribution in [0.3, 0.4) is 0 Å². The first-order chi connectivity index (χ1) is 15.0. The lowest BCUT2D eigenvalue weighted by molar-refractivity contribution is 0.282. The Bertz CT molecular complexity index is 998. The summed E-state index contributed by atoms with van der Waals surface area (Å²) in [5.74, 6) is 1.35. The van der Waals surface area contributed by atoms with Gasteiger partial charge in [-0.3, -0.25) is 0 Å². The van der Waals surface area contributed by atoms with Crippen molar-refractivity contribution in [2.24, 2.45) is 0 Å². The maximum Gasteiger partial charge on any atom is 0.175 e. The monoisotopic (exact) mass is 521 g/mol. The lowest BCUT2D eigenvalue weighted by Gasteiger charge is -2.17. The molecule has 1 atom stereocenters. The maximum atomic E-state index is 6.10.